The van der Waals surface area contributed by atoms with Gasteiger partial charge in [-0.3, -0.25) is 0 Å². The van der Waals surface area contributed by atoms with Gasteiger partial charge in [0.05, 0.1) is 16.7 Å². The van der Waals surface area contributed by atoms with E-state index in [2.05, 4.69) is 51.7 Å². The first-order chi connectivity index (χ1) is 10.6. The Hall–Kier alpha value is -2.02. The Balaban J connectivity index is 1.82. The zero-order valence-electron chi connectivity index (χ0n) is 13.2. The van der Waals surface area contributed by atoms with E-state index < -0.39 is 0 Å². The molecule has 22 heavy (non-hydrogen) atoms. The molecule has 0 saturated carbocycles. The molecule has 0 fully saturated rings. The highest BCUT2D eigenvalue weighted by molar-refractivity contribution is 7.09. The number of nitrogens with one attached hydrogen (secondary N) is 1. The Morgan fingerprint density at radius 3 is 2.73 bits per heavy atom. The van der Waals surface area contributed by atoms with Crippen LogP contribution in [0.3, 0.4) is 0 Å². The van der Waals surface area contributed by atoms with Gasteiger partial charge in [0.25, 0.3) is 0 Å². The second-order valence-corrected chi connectivity index (χ2v) is 6.48. The molecule has 1 N–H and O–H groups in total. The maximum atomic E-state index is 4.69. The summed E-state index contributed by atoms with van der Waals surface area (Å²) in [4.78, 5) is 4.69. The van der Waals surface area contributed by atoms with Crippen molar-refractivity contribution in [3.63, 3.8) is 0 Å². The van der Waals surface area contributed by atoms with Crippen LogP contribution in [0.4, 0.5) is 5.82 Å². The molecule has 0 aliphatic carbocycles. The van der Waals surface area contributed by atoms with Crippen molar-refractivity contribution in [2.24, 2.45) is 0 Å². The van der Waals surface area contributed by atoms with Crippen LogP contribution >= 0.6 is 11.3 Å². The SMILES string of the molecule is CCc1nnc2ccc(NC(C)c3csc(C(C)C)n3)nn12. The third-order valence-corrected chi connectivity index (χ3v) is 4.65. The summed E-state index contributed by atoms with van der Waals surface area (Å²) in [6.45, 7) is 8.46. The number of hydrogen-bond acceptors (Lipinski definition) is 6. The van der Waals surface area contributed by atoms with Crippen molar-refractivity contribution in [2.75, 3.05) is 5.32 Å². The summed E-state index contributed by atoms with van der Waals surface area (Å²) in [6, 6.07) is 3.96. The molecule has 0 aliphatic rings. The highest BCUT2D eigenvalue weighted by Gasteiger charge is 2.13. The fourth-order valence-electron chi connectivity index (χ4n) is 2.19. The highest BCUT2D eigenvalue weighted by Crippen LogP contribution is 2.24. The number of anilines is 1. The van der Waals surface area contributed by atoms with Gasteiger partial charge in [0.1, 0.15) is 5.82 Å². The molecule has 1 atom stereocenters. The van der Waals surface area contributed by atoms with Gasteiger partial charge < -0.3 is 5.32 Å². The molecule has 3 heterocycles. The number of thiazole rings is 1. The molecule has 1 unspecified atom stereocenters. The first-order valence-corrected chi connectivity index (χ1v) is 8.39. The topological polar surface area (TPSA) is 68.0 Å². The van der Waals surface area contributed by atoms with Crippen LogP contribution < -0.4 is 5.32 Å². The van der Waals surface area contributed by atoms with E-state index in [0.29, 0.717) is 5.92 Å². The smallest absolute Gasteiger partial charge is 0.178 e. The van der Waals surface area contributed by atoms with Crippen molar-refractivity contribution in [3.05, 3.63) is 34.0 Å². The average Bonchev–Trinajstić information content (AvgIpc) is 3.13. The molecular weight excluding hydrogens is 296 g/mol. The Morgan fingerprint density at radius 2 is 2.05 bits per heavy atom. The normalized spacial score (nSPS) is 13.0. The second-order valence-electron chi connectivity index (χ2n) is 5.59. The predicted octanol–water partition coefficient (Wildman–Crippen LogP) is 3.44. The first-order valence-electron chi connectivity index (χ1n) is 7.51. The van der Waals surface area contributed by atoms with E-state index >= 15 is 0 Å². The molecule has 0 spiro atoms. The predicted molar refractivity (Wildman–Crippen MR) is 88.4 cm³/mol. The van der Waals surface area contributed by atoms with E-state index in [1.54, 1.807) is 15.9 Å². The molecule has 0 radical (unpaired) electrons. The van der Waals surface area contributed by atoms with Crippen LogP contribution in [-0.4, -0.2) is 24.8 Å². The maximum absolute atomic E-state index is 4.69. The molecule has 0 aromatic carbocycles. The summed E-state index contributed by atoms with van der Waals surface area (Å²) in [5, 5.41) is 19.5. The van der Waals surface area contributed by atoms with Gasteiger partial charge in [-0.1, -0.05) is 20.8 Å². The standard InChI is InChI=1S/C15H20N6S/c1-5-13-18-19-14-7-6-12(20-21(13)14)16-10(4)11-8-22-15(17-11)9(2)3/h6-10H,5H2,1-4H3,(H,16,20). The minimum absolute atomic E-state index is 0.107. The fourth-order valence-corrected chi connectivity index (χ4v) is 3.12. The monoisotopic (exact) mass is 316 g/mol. The second kappa shape index (κ2) is 6.00. The van der Waals surface area contributed by atoms with E-state index in [4.69, 9.17) is 0 Å². The molecule has 0 amide bonds. The number of aryl methyl sites for hydroxylation is 1. The Morgan fingerprint density at radius 1 is 1.23 bits per heavy atom. The highest BCUT2D eigenvalue weighted by atomic mass is 32.1. The van der Waals surface area contributed by atoms with Crippen LogP contribution in [0.15, 0.2) is 17.5 Å². The first kappa shape index (κ1) is 14.9. The van der Waals surface area contributed by atoms with Gasteiger partial charge in [0.2, 0.25) is 0 Å². The van der Waals surface area contributed by atoms with Crippen molar-refractivity contribution >= 4 is 22.8 Å². The summed E-state index contributed by atoms with van der Waals surface area (Å²) in [7, 11) is 0. The van der Waals surface area contributed by atoms with E-state index in [1.165, 1.54) is 5.01 Å². The van der Waals surface area contributed by atoms with E-state index in [-0.39, 0.29) is 6.04 Å². The van der Waals surface area contributed by atoms with Crippen molar-refractivity contribution in [1.29, 1.82) is 0 Å². The molecule has 3 aromatic heterocycles. The van der Waals surface area contributed by atoms with Crippen molar-refractivity contribution < 1.29 is 0 Å². The van der Waals surface area contributed by atoms with E-state index in [0.717, 1.165) is 29.4 Å². The molecule has 116 valence electrons. The summed E-state index contributed by atoms with van der Waals surface area (Å²) in [5.41, 5.74) is 1.82. The Bertz CT molecular complexity index is 775. The number of nitrogens with zero attached hydrogens (tertiary/aromatic N) is 5. The fraction of sp³-hybridized carbons (Fsp3) is 0.467. The van der Waals surface area contributed by atoms with Gasteiger partial charge in [-0.2, -0.15) is 4.52 Å². The maximum Gasteiger partial charge on any atom is 0.178 e. The largest absolute Gasteiger partial charge is 0.361 e. The van der Waals surface area contributed by atoms with Gasteiger partial charge in [0.15, 0.2) is 11.5 Å². The lowest BCUT2D eigenvalue weighted by molar-refractivity contribution is 0.780. The van der Waals surface area contributed by atoms with Crippen LogP contribution in [0.1, 0.15) is 56.2 Å². The quantitative estimate of drug-likeness (QED) is 0.781. The zero-order valence-corrected chi connectivity index (χ0v) is 14.1. The molecule has 7 heteroatoms. The Labute approximate surface area is 133 Å². The van der Waals surface area contributed by atoms with Crippen molar-refractivity contribution in [2.45, 2.75) is 46.1 Å². The lowest BCUT2D eigenvalue weighted by Crippen LogP contribution is -2.10. The number of fused-ring (bicyclic) bond motifs is 1. The van der Waals surface area contributed by atoms with Crippen LogP contribution in [0.25, 0.3) is 5.65 Å². The van der Waals surface area contributed by atoms with Gasteiger partial charge in [-0.05, 0) is 19.1 Å². The number of hydrogen-bond donors (Lipinski definition) is 1. The lowest BCUT2D eigenvalue weighted by Gasteiger charge is -2.12. The van der Waals surface area contributed by atoms with E-state index in [9.17, 15) is 0 Å². The zero-order chi connectivity index (χ0) is 15.7. The molecule has 3 aromatic rings. The third kappa shape index (κ3) is 2.81. The minimum atomic E-state index is 0.107. The number of rotatable bonds is 5. The average molecular weight is 316 g/mol. The third-order valence-electron chi connectivity index (χ3n) is 3.49. The molecule has 0 saturated heterocycles. The summed E-state index contributed by atoms with van der Waals surface area (Å²) in [5.74, 6) is 2.13. The van der Waals surface area contributed by atoms with Crippen molar-refractivity contribution in [1.82, 2.24) is 24.8 Å². The summed E-state index contributed by atoms with van der Waals surface area (Å²) >= 11 is 1.71. The van der Waals surface area contributed by atoms with Crippen molar-refractivity contribution in [3.8, 4) is 0 Å². The van der Waals surface area contributed by atoms with Crippen LogP contribution in [0.5, 0.6) is 0 Å². The minimum Gasteiger partial charge on any atom is -0.361 e. The molecule has 6 nitrogen and oxygen atoms in total. The summed E-state index contributed by atoms with van der Waals surface area (Å²) in [6.07, 6.45) is 0.803. The number of aromatic nitrogens is 5. The van der Waals surface area contributed by atoms with Gasteiger partial charge in [-0.25, -0.2) is 4.98 Å². The van der Waals surface area contributed by atoms with Gasteiger partial charge in [-0.15, -0.1) is 26.6 Å². The lowest BCUT2D eigenvalue weighted by atomic mass is 10.2. The van der Waals surface area contributed by atoms with Crippen LogP contribution in [0, 0.1) is 0 Å². The van der Waals surface area contributed by atoms with Gasteiger partial charge in [0, 0.05) is 17.7 Å². The molecule has 3 rings (SSSR count). The van der Waals surface area contributed by atoms with Crippen LogP contribution in [0.2, 0.25) is 0 Å². The molecular formula is C15H20N6S. The summed E-state index contributed by atoms with van der Waals surface area (Å²) < 4.78 is 1.79. The van der Waals surface area contributed by atoms with Crippen LogP contribution in [-0.2, 0) is 6.42 Å². The molecule has 0 aliphatic heterocycles. The Kier molecular flexibility index (Phi) is 4.06. The van der Waals surface area contributed by atoms with Gasteiger partial charge >= 0.3 is 0 Å². The molecule has 0 bridgehead atoms. The van der Waals surface area contributed by atoms with E-state index in [1.807, 2.05) is 19.1 Å².